The van der Waals surface area contributed by atoms with E-state index in [9.17, 15) is 4.79 Å². The van der Waals surface area contributed by atoms with Gasteiger partial charge in [0.15, 0.2) is 0 Å². The summed E-state index contributed by atoms with van der Waals surface area (Å²) in [6, 6.07) is 10.0. The molecule has 2 atom stereocenters. The SMILES string of the molecule is O=CCC(NP)c1ccccc1. The summed E-state index contributed by atoms with van der Waals surface area (Å²) in [6.45, 7) is 0. The summed E-state index contributed by atoms with van der Waals surface area (Å²) in [5, 5.41) is 3.00. The summed E-state index contributed by atoms with van der Waals surface area (Å²) in [6.07, 6.45) is 1.43. The van der Waals surface area contributed by atoms with Gasteiger partial charge in [-0.3, -0.25) is 5.09 Å². The predicted octanol–water partition coefficient (Wildman–Crippen LogP) is 1.70. The van der Waals surface area contributed by atoms with E-state index in [0.29, 0.717) is 6.42 Å². The molecule has 64 valence electrons. The highest BCUT2D eigenvalue weighted by Gasteiger charge is 2.06. The van der Waals surface area contributed by atoms with Crippen molar-refractivity contribution in [3.63, 3.8) is 0 Å². The van der Waals surface area contributed by atoms with Crippen LogP contribution in [0.5, 0.6) is 0 Å². The van der Waals surface area contributed by atoms with E-state index < -0.39 is 0 Å². The fraction of sp³-hybridized carbons (Fsp3) is 0.222. The standard InChI is InChI=1S/C9H12NOP/c11-7-6-9(10-12)8-4-2-1-3-5-8/h1-5,7,9-10H,6,12H2. The van der Waals surface area contributed by atoms with E-state index in [-0.39, 0.29) is 6.04 Å². The van der Waals surface area contributed by atoms with Crippen LogP contribution in [-0.4, -0.2) is 6.29 Å². The van der Waals surface area contributed by atoms with Crippen molar-refractivity contribution in [1.82, 2.24) is 5.09 Å². The molecule has 1 rings (SSSR count). The Morgan fingerprint density at radius 2 is 2.08 bits per heavy atom. The van der Waals surface area contributed by atoms with E-state index >= 15 is 0 Å². The smallest absolute Gasteiger partial charge is 0.121 e. The molecule has 1 aromatic rings. The normalized spacial score (nSPS) is 12.4. The Balaban J connectivity index is 2.72. The molecule has 2 unspecified atom stereocenters. The fourth-order valence-electron chi connectivity index (χ4n) is 1.08. The van der Waals surface area contributed by atoms with Gasteiger partial charge < -0.3 is 4.79 Å². The first kappa shape index (κ1) is 9.37. The molecule has 0 fully saturated rings. The summed E-state index contributed by atoms with van der Waals surface area (Å²) < 4.78 is 0. The zero-order chi connectivity index (χ0) is 8.81. The van der Waals surface area contributed by atoms with E-state index in [1.165, 1.54) is 0 Å². The molecule has 0 aliphatic carbocycles. The van der Waals surface area contributed by atoms with E-state index in [4.69, 9.17) is 0 Å². The van der Waals surface area contributed by atoms with Gasteiger partial charge >= 0.3 is 0 Å². The number of aldehydes is 1. The summed E-state index contributed by atoms with van der Waals surface area (Å²) in [4.78, 5) is 10.3. The lowest BCUT2D eigenvalue weighted by Gasteiger charge is -2.12. The quantitative estimate of drug-likeness (QED) is 0.565. The molecule has 3 heteroatoms. The van der Waals surface area contributed by atoms with E-state index in [1.807, 2.05) is 30.3 Å². The average Bonchev–Trinajstić information content (AvgIpc) is 2.15. The van der Waals surface area contributed by atoms with Crippen LogP contribution in [0, 0.1) is 0 Å². The van der Waals surface area contributed by atoms with Gasteiger partial charge in [-0.25, -0.2) is 0 Å². The highest BCUT2D eigenvalue weighted by molar-refractivity contribution is 7.13. The minimum Gasteiger partial charge on any atom is -0.303 e. The van der Waals surface area contributed by atoms with Crippen molar-refractivity contribution in [2.75, 3.05) is 0 Å². The van der Waals surface area contributed by atoms with Crippen LogP contribution in [0.1, 0.15) is 18.0 Å². The Kier molecular flexibility index (Phi) is 3.92. The van der Waals surface area contributed by atoms with Crippen LogP contribution in [0.4, 0.5) is 0 Å². The van der Waals surface area contributed by atoms with Crippen LogP contribution >= 0.6 is 9.39 Å². The van der Waals surface area contributed by atoms with Gasteiger partial charge in [0, 0.05) is 12.5 Å². The highest BCUT2D eigenvalue weighted by Crippen LogP contribution is 2.15. The fourth-order valence-corrected chi connectivity index (χ4v) is 1.41. The lowest BCUT2D eigenvalue weighted by Crippen LogP contribution is -2.10. The molecule has 2 nitrogen and oxygen atoms in total. The van der Waals surface area contributed by atoms with Gasteiger partial charge in [-0.2, -0.15) is 0 Å². The summed E-state index contributed by atoms with van der Waals surface area (Å²) in [7, 11) is 2.43. The van der Waals surface area contributed by atoms with Crippen molar-refractivity contribution in [3.8, 4) is 0 Å². The first-order chi connectivity index (χ1) is 5.88. The van der Waals surface area contributed by atoms with Crippen LogP contribution in [-0.2, 0) is 4.79 Å². The Hall–Kier alpha value is -0.720. The lowest BCUT2D eigenvalue weighted by atomic mass is 10.1. The van der Waals surface area contributed by atoms with Gasteiger partial charge in [0.25, 0.3) is 0 Å². The van der Waals surface area contributed by atoms with Crippen LogP contribution in [0.3, 0.4) is 0 Å². The zero-order valence-corrected chi connectivity index (χ0v) is 7.89. The second kappa shape index (κ2) is 5.02. The molecule has 0 aliphatic heterocycles. The molecule has 1 N–H and O–H groups in total. The van der Waals surface area contributed by atoms with E-state index in [0.717, 1.165) is 11.8 Å². The first-order valence-corrected chi connectivity index (χ1v) is 4.41. The Bertz CT molecular complexity index is 238. The first-order valence-electron chi connectivity index (χ1n) is 3.83. The number of carbonyl (C=O) groups is 1. The van der Waals surface area contributed by atoms with Crippen molar-refractivity contribution in [3.05, 3.63) is 35.9 Å². The largest absolute Gasteiger partial charge is 0.303 e. The van der Waals surface area contributed by atoms with Crippen LogP contribution in [0.15, 0.2) is 30.3 Å². The third kappa shape index (κ3) is 2.40. The third-order valence-electron chi connectivity index (χ3n) is 1.74. The van der Waals surface area contributed by atoms with Gasteiger partial charge in [0.05, 0.1) is 0 Å². The Morgan fingerprint density at radius 1 is 1.42 bits per heavy atom. The number of nitrogens with one attached hydrogen (secondary N) is 1. The Labute approximate surface area is 74.6 Å². The predicted molar refractivity (Wildman–Crippen MR) is 52.7 cm³/mol. The minimum atomic E-state index is 0.119. The molecule has 0 saturated carbocycles. The van der Waals surface area contributed by atoms with Crippen molar-refractivity contribution in [2.45, 2.75) is 12.5 Å². The van der Waals surface area contributed by atoms with Crippen LogP contribution < -0.4 is 5.09 Å². The number of benzene rings is 1. The third-order valence-corrected chi connectivity index (χ3v) is 2.14. The summed E-state index contributed by atoms with van der Waals surface area (Å²) >= 11 is 0. The number of carbonyl (C=O) groups excluding carboxylic acids is 1. The van der Waals surface area contributed by atoms with E-state index in [1.54, 1.807) is 0 Å². The lowest BCUT2D eigenvalue weighted by molar-refractivity contribution is -0.108. The number of hydrogen-bond donors (Lipinski definition) is 1. The van der Waals surface area contributed by atoms with Gasteiger partial charge in [-0.1, -0.05) is 39.7 Å². The molecule has 0 bridgehead atoms. The summed E-state index contributed by atoms with van der Waals surface area (Å²) in [5.41, 5.74) is 1.14. The maximum absolute atomic E-state index is 10.3. The topological polar surface area (TPSA) is 29.1 Å². The monoisotopic (exact) mass is 181 g/mol. The minimum absolute atomic E-state index is 0.119. The molecule has 0 heterocycles. The molecular weight excluding hydrogens is 169 g/mol. The maximum Gasteiger partial charge on any atom is 0.121 e. The van der Waals surface area contributed by atoms with Crippen LogP contribution in [0.25, 0.3) is 0 Å². The van der Waals surface area contributed by atoms with Crippen molar-refractivity contribution < 1.29 is 4.79 Å². The van der Waals surface area contributed by atoms with Crippen molar-refractivity contribution >= 4 is 15.7 Å². The van der Waals surface area contributed by atoms with Gasteiger partial charge in [-0.05, 0) is 5.56 Å². The second-order valence-corrected chi connectivity index (χ2v) is 2.87. The van der Waals surface area contributed by atoms with Crippen molar-refractivity contribution in [1.29, 1.82) is 0 Å². The van der Waals surface area contributed by atoms with Gasteiger partial charge in [0.1, 0.15) is 6.29 Å². The molecule has 0 aliphatic rings. The molecule has 0 amide bonds. The number of rotatable bonds is 4. The second-order valence-electron chi connectivity index (χ2n) is 2.53. The average molecular weight is 181 g/mol. The molecule has 0 aromatic heterocycles. The Morgan fingerprint density at radius 3 is 2.58 bits per heavy atom. The molecular formula is C9H12NOP. The molecule has 0 saturated heterocycles. The molecule has 0 spiro atoms. The maximum atomic E-state index is 10.3. The number of hydrogen-bond acceptors (Lipinski definition) is 2. The van der Waals surface area contributed by atoms with Gasteiger partial charge in [0.2, 0.25) is 0 Å². The van der Waals surface area contributed by atoms with Gasteiger partial charge in [-0.15, -0.1) is 0 Å². The van der Waals surface area contributed by atoms with Crippen LogP contribution in [0.2, 0.25) is 0 Å². The molecule has 12 heavy (non-hydrogen) atoms. The molecule has 1 aromatic carbocycles. The zero-order valence-electron chi connectivity index (χ0n) is 6.73. The van der Waals surface area contributed by atoms with E-state index in [2.05, 4.69) is 14.5 Å². The van der Waals surface area contributed by atoms with Crippen molar-refractivity contribution in [2.24, 2.45) is 0 Å². The summed E-state index contributed by atoms with van der Waals surface area (Å²) in [5.74, 6) is 0. The molecule has 0 radical (unpaired) electrons. The highest BCUT2D eigenvalue weighted by atomic mass is 31.0.